The molecule has 0 fully saturated rings. The number of rotatable bonds is 3. The van der Waals surface area contributed by atoms with Gasteiger partial charge in [-0.15, -0.1) is 0 Å². The van der Waals surface area contributed by atoms with Gasteiger partial charge in [0.2, 0.25) is 0 Å². The van der Waals surface area contributed by atoms with Gasteiger partial charge in [0, 0.05) is 11.1 Å². The highest BCUT2D eigenvalue weighted by atomic mass is 15.3. The fourth-order valence-electron chi connectivity index (χ4n) is 6.35. The molecule has 0 saturated carbocycles. The Kier molecular flexibility index (Phi) is 4.86. The zero-order chi connectivity index (χ0) is 24.2. The van der Waals surface area contributed by atoms with Crippen molar-refractivity contribution in [3.8, 4) is 22.3 Å². The van der Waals surface area contributed by atoms with E-state index in [2.05, 4.69) is 148 Å². The lowest BCUT2D eigenvalue weighted by atomic mass is 9.72. The van der Waals surface area contributed by atoms with E-state index in [1.165, 1.54) is 49.8 Å². The zero-order valence-corrected chi connectivity index (χ0v) is 20.9. The van der Waals surface area contributed by atoms with Crippen molar-refractivity contribution in [1.29, 1.82) is 0 Å². The molecular formula is C34H31N. The number of benzene rings is 5. The average molecular weight is 454 g/mol. The molecule has 1 aliphatic heterocycles. The second kappa shape index (κ2) is 7.85. The molecule has 0 aliphatic carbocycles. The minimum absolute atomic E-state index is 0.230. The second-order valence-electron chi connectivity index (χ2n) is 10.6. The molecule has 1 nitrogen and oxygen atoms in total. The van der Waals surface area contributed by atoms with E-state index in [0.717, 1.165) is 0 Å². The van der Waals surface area contributed by atoms with E-state index in [4.69, 9.17) is 0 Å². The van der Waals surface area contributed by atoms with E-state index in [1.54, 1.807) is 0 Å². The number of hydrogen-bond acceptors (Lipinski definition) is 1. The smallest absolute Gasteiger partial charge is 0.0613 e. The summed E-state index contributed by atoms with van der Waals surface area (Å²) in [6.45, 7) is 9.54. The first-order valence-electron chi connectivity index (χ1n) is 12.5. The molecule has 1 heteroatoms. The molecular weight excluding hydrogens is 422 g/mol. The molecule has 0 aromatic heterocycles. The Morgan fingerprint density at radius 3 is 1.34 bits per heavy atom. The molecule has 5 aromatic carbocycles. The van der Waals surface area contributed by atoms with Gasteiger partial charge in [-0.1, -0.05) is 115 Å². The summed E-state index contributed by atoms with van der Waals surface area (Å²) in [4.78, 5) is 2.68. The fraction of sp³-hybridized carbons (Fsp3) is 0.176. The van der Waals surface area contributed by atoms with Crippen LogP contribution in [0.2, 0.25) is 0 Å². The Hall–Kier alpha value is -3.84. The van der Waals surface area contributed by atoms with Crippen molar-refractivity contribution in [1.82, 2.24) is 0 Å². The summed E-state index contributed by atoms with van der Waals surface area (Å²) >= 11 is 0. The van der Waals surface area contributed by atoms with Gasteiger partial charge in [-0.25, -0.2) is 0 Å². The quantitative estimate of drug-likeness (QED) is 0.263. The molecule has 0 unspecified atom stereocenters. The van der Waals surface area contributed by atoms with Gasteiger partial charge in [-0.2, -0.15) is 0 Å². The average Bonchev–Trinajstić information content (AvgIpc) is 2.88. The van der Waals surface area contributed by atoms with E-state index >= 15 is 0 Å². The minimum atomic E-state index is -0.230. The maximum Gasteiger partial charge on any atom is 0.0613 e. The summed E-state index contributed by atoms with van der Waals surface area (Å²) in [6, 6.07) is 42.0. The van der Waals surface area contributed by atoms with Gasteiger partial charge >= 0.3 is 0 Å². The van der Waals surface area contributed by atoms with Crippen LogP contribution in [-0.4, -0.2) is 0 Å². The summed E-state index contributed by atoms with van der Waals surface area (Å²) in [5.41, 5.74) is 8.59. The summed E-state index contributed by atoms with van der Waals surface area (Å²) in [6.07, 6.45) is 0. The minimum Gasteiger partial charge on any atom is -0.352 e. The van der Waals surface area contributed by atoms with Crippen molar-refractivity contribution in [2.45, 2.75) is 38.8 Å². The van der Waals surface area contributed by atoms with Crippen molar-refractivity contribution < 1.29 is 0 Å². The molecule has 1 aliphatic rings. The van der Waals surface area contributed by atoms with Gasteiger partial charge in [0.05, 0.1) is 16.8 Å². The highest BCUT2D eigenvalue weighted by Crippen LogP contribution is 2.55. The molecule has 0 amide bonds. The fourth-order valence-corrected chi connectivity index (χ4v) is 6.35. The van der Waals surface area contributed by atoms with Crippen LogP contribution in [-0.2, 0) is 11.1 Å². The molecule has 0 saturated heterocycles. The maximum absolute atomic E-state index is 2.68. The lowest BCUT2D eigenvalue weighted by Gasteiger charge is -2.56. The monoisotopic (exact) mass is 453 g/mol. The third-order valence-corrected chi connectivity index (χ3v) is 7.77. The van der Waals surface area contributed by atoms with Gasteiger partial charge in [0.1, 0.15) is 0 Å². The van der Waals surface area contributed by atoms with Gasteiger partial charge in [-0.05, 0) is 60.7 Å². The molecule has 0 N–H and O–H groups in total. The SMILES string of the molecule is CC1(C)c2cccc3cccc(c23)C(C)(C)N1c1c(-c2ccccc2)cccc1-c1ccccc1. The van der Waals surface area contributed by atoms with E-state index in [9.17, 15) is 0 Å². The third-order valence-electron chi connectivity index (χ3n) is 7.77. The summed E-state index contributed by atoms with van der Waals surface area (Å²) in [7, 11) is 0. The first-order chi connectivity index (χ1) is 16.9. The second-order valence-corrected chi connectivity index (χ2v) is 10.6. The van der Waals surface area contributed by atoms with E-state index < -0.39 is 0 Å². The Morgan fingerprint density at radius 2 is 0.886 bits per heavy atom. The standard InChI is InChI=1S/C34H31N/c1-33(2)29-22-11-18-26-19-12-23-30(31(26)29)34(3,4)35(33)32-27(24-14-7-5-8-15-24)20-13-21-28(32)25-16-9-6-10-17-25/h5-23H,1-4H3. The largest absolute Gasteiger partial charge is 0.352 e. The Balaban J connectivity index is 1.73. The molecule has 0 atom stereocenters. The molecule has 172 valence electrons. The van der Waals surface area contributed by atoms with E-state index in [-0.39, 0.29) is 11.1 Å². The van der Waals surface area contributed by atoms with Crippen LogP contribution in [0.4, 0.5) is 5.69 Å². The lowest BCUT2D eigenvalue weighted by Crippen LogP contribution is -2.55. The van der Waals surface area contributed by atoms with Gasteiger partial charge in [-0.3, -0.25) is 0 Å². The molecule has 0 radical (unpaired) electrons. The van der Waals surface area contributed by atoms with Crippen molar-refractivity contribution in [2.75, 3.05) is 4.90 Å². The highest BCUT2D eigenvalue weighted by Gasteiger charge is 2.47. The molecule has 1 heterocycles. The zero-order valence-electron chi connectivity index (χ0n) is 20.9. The van der Waals surface area contributed by atoms with Gasteiger partial charge < -0.3 is 4.90 Å². The molecule has 0 spiro atoms. The highest BCUT2D eigenvalue weighted by molar-refractivity contribution is 5.97. The van der Waals surface area contributed by atoms with Crippen LogP contribution in [0.25, 0.3) is 33.0 Å². The summed E-state index contributed by atoms with van der Waals surface area (Å²) < 4.78 is 0. The van der Waals surface area contributed by atoms with Gasteiger partial charge in [0.15, 0.2) is 0 Å². The first-order valence-corrected chi connectivity index (χ1v) is 12.5. The number of anilines is 1. The van der Waals surface area contributed by atoms with E-state index in [0.29, 0.717) is 0 Å². The van der Waals surface area contributed by atoms with Crippen LogP contribution < -0.4 is 4.90 Å². The molecule has 0 bridgehead atoms. The van der Waals surface area contributed by atoms with Crippen molar-refractivity contribution in [3.63, 3.8) is 0 Å². The number of nitrogens with zero attached hydrogens (tertiary/aromatic N) is 1. The summed E-state index contributed by atoms with van der Waals surface area (Å²) in [5.74, 6) is 0. The molecule has 35 heavy (non-hydrogen) atoms. The van der Waals surface area contributed by atoms with Crippen LogP contribution >= 0.6 is 0 Å². The lowest BCUT2D eigenvalue weighted by molar-refractivity contribution is 0.343. The van der Waals surface area contributed by atoms with Crippen LogP contribution in [0.5, 0.6) is 0 Å². The third kappa shape index (κ3) is 3.22. The Bertz CT molecular complexity index is 1420. The maximum atomic E-state index is 2.68. The summed E-state index contributed by atoms with van der Waals surface area (Å²) in [5, 5.41) is 2.72. The van der Waals surface area contributed by atoms with Crippen LogP contribution in [0.15, 0.2) is 115 Å². The molecule has 6 rings (SSSR count). The van der Waals surface area contributed by atoms with Crippen LogP contribution in [0.3, 0.4) is 0 Å². The Morgan fingerprint density at radius 1 is 0.457 bits per heavy atom. The topological polar surface area (TPSA) is 3.24 Å². The predicted molar refractivity (Wildman–Crippen MR) is 150 cm³/mol. The normalized spacial score (nSPS) is 15.8. The number of para-hydroxylation sites is 1. The van der Waals surface area contributed by atoms with Crippen molar-refractivity contribution in [2.24, 2.45) is 0 Å². The first kappa shape index (κ1) is 21.7. The van der Waals surface area contributed by atoms with E-state index in [1.807, 2.05) is 0 Å². The van der Waals surface area contributed by atoms with Crippen LogP contribution in [0, 0.1) is 0 Å². The predicted octanol–water partition coefficient (Wildman–Crippen LogP) is 9.16. The Labute approximate surface area is 208 Å². The van der Waals surface area contributed by atoms with Crippen molar-refractivity contribution >= 4 is 16.5 Å². The number of hydrogen-bond donors (Lipinski definition) is 0. The van der Waals surface area contributed by atoms with Crippen LogP contribution in [0.1, 0.15) is 38.8 Å². The van der Waals surface area contributed by atoms with Crippen molar-refractivity contribution in [3.05, 3.63) is 126 Å². The van der Waals surface area contributed by atoms with Gasteiger partial charge in [0.25, 0.3) is 0 Å². The molecule has 5 aromatic rings.